The second kappa shape index (κ2) is 5.09. The van der Waals surface area contributed by atoms with E-state index in [2.05, 4.69) is 15.4 Å². The lowest BCUT2D eigenvalue weighted by molar-refractivity contribution is 0.614. The predicted molar refractivity (Wildman–Crippen MR) is 63.0 cm³/mol. The van der Waals surface area contributed by atoms with Crippen LogP contribution >= 0.6 is 11.6 Å². The van der Waals surface area contributed by atoms with Crippen LogP contribution in [0.3, 0.4) is 0 Å². The predicted octanol–water partition coefficient (Wildman–Crippen LogP) is 1.76. The van der Waals surface area contributed by atoms with Crippen molar-refractivity contribution in [1.82, 2.24) is 20.1 Å². The first-order chi connectivity index (χ1) is 7.75. The number of halogens is 1. The van der Waals surface area contributed by atoms with Crippen LogP contribution in [-0.4, -0.2) is 14.8 Å². The van der Waals surface area contributed by atoms with Crippen LogP contribution in [0.25, 0.3) is 0 Å². The Hall–Kier alpha value is -1.39. The third-order valence-electron chi connectivity index (χ3n) is 2.31. The van der Waals surface area contributed by atoms with E-state index < -0.39 is 0 Å². The van der Waals surface area contributed by atoms with Gasteiger partial charge in [0.1, 0.15) is 12.2 Å². The van der Waals surface area contributed by atoms with Gasteiger partial charge in [0.25, 0.3) is 0 Å². The molecule has 0 atom stereocenters. The second-order valence-electron chi connectivity index (χ2n) is 3.53. The molecule has 2 rings (SSSR count). The number of rotatable bonds is 4. The van der Waals surface area contributed by atoms with Gasteiger partial charge in [0.05, 0.1) is 6.54 Å². The van der Waals surface area contributed by atoms with Crippen molar-refractivity contribution in [2.75, 3.05) is 0 Å². The molecule has 0 fully saturated rings. The van der Waals surface area contributed by atoms with Crippen molar-refractivity contribution < 1.29 is 0 Å². The summed E-state index contributed by atoms with van der Waals surface area (Å²) in [6.07, 6.45) is 1.55. The molecule has 0 aliphatic carbocycles. The molecule has 0 saturated heterocycles. The van der Waals surface area contributed by atoms with Crippen molar-refractivity contribution in [2.24, 2.45) is 7.05 Å². The highest BCUT2D eigenvalue weighted by Crippen LogP contribution is 2.10. The molecule has 1 aromatic heterocycles. The van der Waals surface area contributed by atoms with E-state index in [-0.39, 0.29) is 0 Å². The number of nitrogens with one attached hydrogen (secondary N) is 1. The van der Waals surface area contributed by atoms with Gasteiger partial charge in [0.15, 0.2) is 0 Å². The molecule has 2 aromatic rings. The Morgan fingerprint density at radius 1 is 1.38 bits per heavy atom. The number of aryl methyl sites for hydroxylation is 1. The van der Waals surface area contributed by atoms with Gasteiger partial charge in [0.2, 0.25) is 0 Å². The van der Waals surface area contributed by atoms with Crippen LogP contribution in [0, 0.1) is 0 Å². The summed E-state index contributed by atoms with van der Waals surface area (Å²) in [6.45, 7) is 1.47. The molecule has 84 valence electrons. The highest BCUT2D eigenvalue weighted by molar-refractivity contribution is 6.30. The van der Waals surface area contributed by atoms with E-state index in [0.717, 1.165) is 23.0 Å². The zero-order chi connectivity index (χ0) is 11.4. The fourth-order valence-electron chi connectivity index (χ4n) is 1.45. The lowest BCUT2D eigenvalue weighted by Crippen LogP contribution is -2.16. The zero-order valence-corrected chi connectivity index (χ0v) is 9.78. The van der Waals surface area contributed by atoms with Crippen molar-refractivity contribution >= 4 is 11.6 Å². The lowest BCUT2D eigenvalue weighted by atomic mass is 10.2. The third kappa shape index (κ3) is 2.81. The molecule has 1 heterocycles. The van der Waals surface area contributed by atoms with Gasteiger partial charge in [-0.25, -0.2) is 4.98 Å². The Morgan fingerprint density at radius 3 is 2.94 bits per heavy atom. The zero-order valence-electron chi connectivity index (χ0n) is 9.02. The molecule has 1 N–H and O–H groups in total. The molecular weight excluding hydrogens is 224 g/mol. The summed E-state index contributed by atoms with van der Waals surface area (Å²) in [7, 11) is 1.88. The number of benzene rings is 1. The molecule has 0 spiro atoms. The van der Waals surface area contributed by atoms with E-state index in [9.17, 15) is 0 Å². The van der Waals surface area contributed by atoms with Crippen molar-refractivity contribution in [3.05, 3.63) is 47.0 Å². The average Bonchev–Trinajstić information content (AvgIpc) is 2.65. The molecule has 0 bridgehead atoms. The van der Waals surface area contributed by atoms with Crippen LogP contribution in [0.5, 0.6) is 0 Å². The molecule has 0 amide bonds. The molecule has 0 aliphatic heterocycles. The van der Waals surface area contributed by atoms with Gasteiger partial charge in [0, 0.05) is 18.6 Å². The molecular formula is C11H13ClN4. The Kier molecular flexibility index (Phi) is 3.54. The minimum atomic E-state index is 0.697. The summed E-state index contributed by atoms with van der Waals surface area (Å²) in [5.41, 5.74) is 1.16. The van der Waals surface area contributed by atoms with Gasteiger partial charge in [-0.1, -0.05) is 23.7 Å². The summed E-state index contributed by atoms with van der Waals surface area (Å²) >= 11 is 5.89. The minimum Gasteiger partial charge on any atom is -0.306 e. The van der Waals surface area contributed by atoms with E-state index in [4.69, 9.17) is 11.6 Å². The topological polar surface area (TPSA) is 42.7 Å². The normalized spacial score (nSPS) is 10.6. The quantitative estimate of drug-likeness (QED) is 0.880. The van der Waals surface area contributed by atoms with Gasteiger partial charge in [-0.05, 0) is 17.7 Å². The van der Waals surface area contributed by atoms with E-state index in [1.54, 1.807) is 11.0 Å². The minimum absolute atomic E-state index is 0.697. The number of hydrogen-bond donors (Lipinski definition) is 1. The third-order valence-corrected chi connectivity index (χ3v) is 2.54. The maximum atomic E-state index is 5.89. The van der Waals surface area contributed by atoms with Gasteiger partial charge < -0.3 is 5.32 Å². The maximum Gasteiger partial charge on any atom is 0.140 e. The van der Waals surface area contributed by atoms with Crippen molar-refractivity contribution in [2.45, 2.75) is 13.1 Å². The smallest absolute Gasteiger partial charge is 0.140 e. The molecule has 0 radical (unpaired) electrons. The number of aromatic nitrogens is 3. The monoisotopic (exact) mass is 236 g/mol. The van der Waals surface area contributed by atoms with Gasteiger partial charge >= 0.3 is 0 Å². The van der Waals surface area contributed by atoms with Gasteiger partial charge in [-0.2, -0.15) is 5.10 Å². The lowest BCUT2D eigenvalue weighted by Gasteiger charge is -2.04. The second-order valence-corrected chi connectivity index (χ2v) is 3.97. The fraction of sp³-hybridized carbons (Fsp3) is 0.273. The van der Waals surface area contributed by atoms with Crippen LogP contribution in [0.1, 0.15) is 11.4 Å². The van der Waals surface area contributed by atoms with E-state index >= 15 is 0 Å². The molecule has 0 aliphatic rings. The van der Waals surface area contributed by atoms with E-state index in [0.29, 0.717) is 6.54 Å². The maximum absolute atomic E-state index is 5.89. The molecule has 0 saturated carbocycles. The van der Waals surface area contributed by atoms with Crippen LogP contribution in [0.4, 0.5) is 0 Å². The Bertz CT molecular complexity index is 467. The van der Waals surface area contributed by atoms with Crippen LogP contribution < -0.4 is 5.32 Å². The van der Waals surface area contributed by atoms with E-state index in [1.165, 1.54) is 0 Å². The van der Waals surface area contributed by atoms with Crippen molar-refractivity contribution in [3.8, 4) is 0 Å². The number of hydrogen-bond acceptors (Lipinski definition) is 3. The average molecular weight is 237 g/mol. The van der Waals surface area contributed by atoms with Crippen molar-refractivity contribution in [3.63, 3.8) is 0 Å². The largest absolute Gasteiger partial charge is 0.306 e. The first-order valence-corrected chi connectivity index (χ1v) is 5.41. The summed E-state index contributed by atoms with van der Waals surface area (Å²) in [6, 6.07) is 7.80. The molecule has 0 unspecified atom stereocenters. The molecule has 4 nitrogen and oxygen atoms in total. The van der Waals surface area contributed by atoms with Crippen molar-refractivity contribution in [1.29, 1.82) is 0 Å². The Labute approximate surface area is 99.3 Å². The highest BCUT2D eigenvalue weighted by atomic mass is 35.5. The summed E-state index contributed by atoms with van der Waals surface area (Å²) < 4.78 is 1.75. The summed E-state index contributed by atoms with van der Waals surface area (Å²) in [5.74, 6) is 0.919. The summed E-state index contributed by atoms with van der Waals surface area (Å²) in [5, 5.41) is 8.05. The summed E-state index contributed by atoms with van der Waals surface area (Å²) in [4.78, 5) is 4.13. The van der Waals surface area contributed by atoms with Crippen LogP contribution in [0.2, 0.25) is 5.02 Å². The molecule has 5 heteroatoms. The van der Waals surface area contributed by atoms with Gasteiger partial charge in [-0.3, -0.25) is 4.68 Å². The Balaban J connectivity index is 1.87. The molecule has 1 aromatic carbocycles. The number of nitrogens with zero attached hydrogens (tertiary/aromatic N) is 3. The highest BCUT2D eigenvalue weighted by Gasteiger charge is 1.99. The first-order valence-electron chi connectivity index (χ1n) is 5.04. The fourth-order valence-corrected chi connectivity index (χ4v) is 1.66. The SMILES string of the molecule is Cn1ncnc1CNCc1cccc(Cl)c1. The van der Waals surface area contributed by atoms with Crippen LogP contribution in [0.15, 0.2) is 30.6 Å². The van der Waals surface area contributed by atoms with Crippen LogP contribution in [-0.2, 0) is 20.1 Å². The first kappa shape index (κ1) is 11.1. The van der Waals surface area contributed by atoms with Gasteiger partial charge in [-0.15, -0.1) is 0 Å². The standard InChI is InChI=1S/C11H13ClN4/c1-16-11(14-8-15-16)7-13-6-9-3-2-4-10(12)5-9/h2-5,8,13H,6-7H2,1H3. The van der Waals surface area contributed by atoms with E-state index in [1.807, 2.05) is 31.3 Å². The Morgan fingerprint density at radius 2 is 2.25 bits per heavy atom. The molecule has 16 heavy (non-hydrogen) atoms.